The van der Waals surface area contributed by atoms with E-state index in [0.717, 1.165) is 0 Å². The van der Waals surface area contributed by atoms with Crippen LogP contribution in [-0.2, 0) is 9.47 Å². The molecule has 27 heavy (non-hydrogen) atoms. The third-order valence-corrected chi connectivity index (χ3v) is 5.63. The Morgan fingerprint density at radius 1 is 1.19 bits per heavy atom. The highest BCUT2D eigenvalue weighted by Gasteiger charge is 2.79. The summed E-state index contributed by atoms with van der Waals surface area (Å²) in [5.74, 6) is -2.16. The van der Waals surface area contributed by atoms with Crippen molar-refractivity contribution in [3.63, 3.8) is 0 Å². The van der Waals surface area contributed by atoms with Gasteiger partial charge in [0.25, 0.3) is 0 Å². The quantitative estimate of drug-likeness (QED) is 0.875. The van der Waals surface area contributed by atoms with Gasteiger partial charge in [0.05, 0.1) is 37.3 Å². The normalized spacial score (nSPS) is 33.3. The number of rotatable bonds is 4. The molecule has 1 N–H and O–H groups in total. The van der Waals surface area contributed by atoms with E-state index in [2.05, 4.69) is 6.07 Å². The predicted molar refractivity (Wildman–Crippen MR) is 94.4 cm³/mol. The van der Waals surface area contributed by atoms with E-state index in [0.29, 0.717) is 24.2 Å². The second-order valence-electron chi connectivity index (χ2n) is 6.97. The number of nitrogens with zero attached hydrogens (tertiary/aromatic N) is 3. The van der Waals surface area contributed by atoms with E-state index in [4.69, 9.17) is 19.6 Å². The van der Waals surface area contributed by atoms with Gasteiger partial charge in [-0.25, -0.2) is 0 Å². The average Bonchev–Trinajstić information content (AvgIpc) is 2.85. The summed E-state index contributed by atoms with van der Waals surface area (Å²) in [7, 11) is 1.50. The summed E-state index contributed by atoms with van der Waals surface area (Å²) in [6.07, 6.45) is 0.200. The van der Waals surface area contributed by atoms with Crippen molar-refractivity contribution in [2.75, 3.05) is 7.11 Å². The molecule has 0 radical (unpaired) electrons. The fraction of sp³-hybridized carbons (Fsp3) is 0.500. The van der Waals surface area contributed by atoms with Crippen molar-refractivity contribution in [3.05, 3.63) is 29.8 Å². The molecule has 2 aliphatic heterocycles. The SMILES string of the molecule is CCCC1OC2(C)OC(=N)C(C#N)(C2c2ccccc2OC)C1(C#N)C#N. The van der Waals surface area contributed by atoms with E-state index >= 15 is 0 Å². The maximum Gasteiger partial charge on any atom is 0.218 e. The summed E-state index contributed by atoms with van der Waals surface area (Å²) in [6, 6.07) is 13.2. The first-order chi connectivity index (χ1) is 12.9. The molecule has 2 fully saturated rings. The first-order valence-electron chi connectivity index (χ1n) is 8.73. The standard InChI is InChI=1S/C20H20N4O3/c1-4-7-15-19(10-21,11-22)20(12-23)16(18(2,26-15)27-17(20)24)13-8-5-6-9-14(13)25-3/h5-6,8-9,15-16,24H,4,7H2,1-3H3. The second kappa shape index (κ2) is 6.27. The van der Waals surface area contributed by atoms with Crippen LogP contribution < -0.4 is 4.74 Å². The molecule has 2 saturated heterocycles. The average molecular weight is 364 g/mol. The largest absolute Gasteiger partial charge is 0.496 e. The molecule has 0 amide bonds. The third kappa shape index (κ3) is 2.11. The van der Waals surface area contributed by atoms with Crippen LogP contribution in [0.15, 0.2) is 24.3 Å². The lowest BCUT2D eigenvalue weighted by Crippen LogP contribution is -2.60. The van der Waals surface area contributed by atoms with Crippen molar-refractivity contribution in [2.24, 2.45) is 10.8 Å². The smallest absolute Gasteiger partial charge is 0.218 e. The van der Waals surface area contributed by atoms with Gasteiger partial charge in [0.15, 0.2) is 10.8 Å². The number of hydrogen-bond acceptors (Lipinski definition) is 7. The lowest BCUT2D eigenvalue weighted by molar-refractivity contribution is -0.251. The zero-order valence-electron chi connectivity index (χ0n) is 15.4. The Hall–Kier alpha value is -3.08. The van der Waals surface area contributed by atoms with Gasteiger partial charge in [-0.05, 0) is 12.5 Å². The Kier molecular flexibility index (Phi) is 4.34. The molecule has 4 atom stereocenters. The van der Waals surface area contributed by atoms with Crippen LogP contribution in [0.2, 0.25) is 0 Å². The fourth-order valence-corrected chi connectivity index (χ4v) is 4.50. The lowest BCUT2D eigenvalue weighted by Gasteiger charge is -2.49. The molecule has 7 heteroatoms. The van der Waals surface area contributed by atoms with E-state index in [1.165, 1.54) is 7.11 Å². The first kappa shape index (κ1) is 18.7. The van der Waals surface area contributed by atoms with Crippen LogP contribution in [0.4, 0.5) is 0 Å². The minimum atomic E-state index is -1.88. The fourth-order valence-electron chi connectivity index (χ4n) is 4.50. The number of para-hydroxylation sites is 1. The van der Waals surface area contributed by atoms with Crippen molar-refractivity contribution in [3.8, 4) is 24.0 Å². The molecule has 138 valence electrons. The van der Waals surface area contributed by atoms with E-state index in [1.54, 1.807) is 31.2 Å². The Morgan fingerprint density at radius 3 is 2.41 bits per heavy atom. The van der Waals surface area contributed by atoms with Crippen LogP contribution in [0.5, 0.6) is 5.75 Å². The number of methoxy groups -OCH3 is 1. The molecule has 3 rings (SSSR count). The zero-order chi connectivity index (χ0) is 19.9. The van der Waals surface area contributed by atoms with Gasteiger partial charge in [-0.1, -0.05) is 31.5 Å². The zero-order valence-corrected chi connectivity index (χ0v) is 15.4. The summed E-state index contributed by atoms with van der Waals surface area (Å²) in [5.41, 5.74) is -3.12. The maximum absolute atomic E-state index is 10.3. The molecule has 7 nitrogen and oxygen atoms in total. The van der Waals surface area contributed by atoms with Crippen molar-refractivity contribution in [2.45, 2.75) is 44.5 Å². The lowest BCUT2D eigenvalue weighted by atomic mass is 9.52. The number of nitriles is 3. The molecule has 0 aromatic heterocycles. The van der Waals surface area contributed by atoms with Gasteiger partial charge in [0.1, 0.15) is 5.75 Å². The van der Waals surface area contributed by atoms with Crippen molar-refractivity contribution in [1.82, 2.24) is 0 Å². The molecule has 0 saturated carbocycles. The number of benzene rings is 1. The van der Waals surface area contributed by atoms with Crippen LogP contribution >= 0.6 is 0 Å². The predicted octanol–water partition coefficient (Wildman–Crippen LogP) is 3.24. The number of fused-ring (bicyclic) bond motifs is 2. The topological polar surface area (TPSA) is 123 Å². The molecule has 4 unspecified atom stereocenters. The van der Waals surface area contributed by atoms with Crippen molar-refractivity contribution in [1.29, 1.82) is 21.2 Å². The molecule has 2 aliphatic rings. The second-order valence-corrected chi connectivity index (χ2v) is 6.97. The van der Waals surface area contributed by atoms with E-state index < -0.39 is 34.5 Å². The molecule has 0 aliphatic carbocycles. The van der Waals surface area contributed by atoms with Crippen LogP contribution in [-0.4, -0.2) is 24.9 Å². The van der Waals surface area contributed by atoms with Gasteiger partial charge in [0, 0.05) is 12.5 Å². The highest BCUT2D eigenvalue weighted by atomic mass is 16.7. The summed E-state index contributed by atoms with van der Waals surface area (Å²) < 4.78 is 17.3. The van der Waals surface area contributed by atoms with Crippen LogP contribution in [0.3, 0.4) is 0 Å². The van der Waals surface area contributed by atoms with Crippen molar-refractivity contribution >= 4 is 5.90 Å². The summed E-state index contributed by atoms with van der Waals surface area (Å²) in [6.45, 7) is 3.56. The minimum absolute atomic E-state index is 0.398. The Labute approximate surface area is 158 Å². The number of ether oxygens (including phenoxy) is 3. The highest BCUT2D eigenvalue weighted by molar-refractivity contribution is 5.90. The monoisotopic (exact) mass is 364 g/mol. The molecule has 0 spiro atoms. The highest BCUT2D eigenvalue weighted by Crippen LogP contribution is 2.67. The maximum atomic E-state index is 10.3. The van der Waals surface area contributed by atoms with Crippen LogP contribution in [0.1, 0.15) is 38.2 Å². The third-order valence-electron chi connectivity index (χ3n) is 5.63. The van der Waals surface area contributed by atoms with Gasteiger partial charge in [-0.15, -0.1) is 0 Å². The summed E-state index contributed by atoms with van der Waals surface area (Å²) in [5, 5.41) is 38.9. The van der Waals surface area contributed by atoms with E-state index in [1.807, 2.05) is 19.1 Å². The van der Waals surface area contributed by atoms with Crippen molar-refractivity contribution < 1.29 is 14.2 Å². The molecule has 2 heterocycles. The molecule has 1 aromatic carbocycles. The van der Waals surface area contributed by atoms with Gasteiger partial charge in [-0.2, -0.15) is 15.8 Å². The number of hydrogen-bond donors (Lipinski definition) is 1. The summed E-state index contributed by atoms with van der Waals surface area (Å²) in [4.78, 5) is 0. The molecule has 1 aromatic rings. The van der Waals surface area contributed by atoms with E-state index in [-0.39, 0.29) is 0 Å². The van der Waals surface area contributed by atoms with Gasteiger partial charge < -0.3 is 14.2 Å². The Morgan fingerprint density at radius 2 is 1.85 bits per heavy atom. The Bertz CT molecular complexity index is 895. The molecular weight excluding hydrogens is 344 g/mol. The van der Waals surface area contributed by atoms with E-state index in [9.17, 15) is 15.8 Å². The van der Waals surface area contributed by atoms with Crippen LogP contribution in [0.25, 0.3) is 0 Å². The molecular formula is C20H20N4O3. The molecule has 2 bridgehead atoms. The first-order valence-corrected chi connectivity index (χ1v) is 8.73. The van der Waals surface area contributed by atoms with Gasteiger partial charge in [-0.3, -0.25) is 5.41 Å². The Balaban J connectivity index is 2.37. The minimum Gasteiger partial charge on any atom is -0.496 e. The van der Waals surface area contributed by atoms with Gasteiger partial charge in [0.2, 0.25) is 11.7 Å². The van der Waals surface area contributed by atoms with Gasteiger partial charge >= 0.3 is 0 Å². The van der Waals surface area contributed by atoms with Crippen LogP contribution in [0, 0.1) is 50.2 Å². The number of nitrogens with one attached hydrogen (secondary N) is 1. The summed E-state index contributed by atoms with van der Waals surface area (Å²) >= 11 is 0.